The molecule has 0 saturated carbocycles. The van der Waals surface area contributed by atoms with Crippen molar-refractivity contribution in [2.45, 2.75) is 0 Å². The first-order valence-corrected chi connectivity index (χ1v) is 42.1. The van der Waals surface area contributed by atoms with E-state index in [0.717, 1.165) is 152 Å². The van der Waals surface area contributed by atoms with Gasteiger partial charge in [0.05, 0.1) is 34.1 Å². The van der Waals surface area contributed by atoms with Gasteiger partial charge < -0.3 is 29.2 Å². The van der Waals surface area contributed by atoms with Crippen LogP contribution in [0.5, 0.6) is 11.5 Å². The van der Waals surface area contributed by atoms with E-state index in [4.69, 9.17) is 4.74 Å². The SMILES string of the molecule is c1ccc(-c2cccc(-c3ccccc3)c2N2c3ccccc3B3c4cc5c(cc4Oc4cc(N(c6ccccc6)c6cccc7sc8ccccc8c67)cc2c43)N(c2ccccc2)c2cc(N(c3ccccc3)c3cccc4sc6ccccc6c34)cc3c2B5c2ccccc2N3c2c(-c3ccccc3)cccc2-c2ccccc2)cc1. The van der Waals surface area contributed by atoms with Gasteiger partial charge >= 0.3 is 0 Å². The lowest BCUT2D eigenvalue weighted by molar-refractivity contribution is 0.488. The van der Waals surface area contributed by atoms with Gasteiger partial charge in [-0.3, -0.25) is 0 Å². The highest BCUT2D eigenvalue weighted by atomic mass is 32.1. The van der Waals surface area contributed by atoms with Crippen molar-refractivity contribution in [3.8, 4) is 56.0 Å². The summed E-state index contributed by atoms with van der Waals surface area (Å²) in [5, 5.41) is 4.87. The Hall–Kier alpha value is -14.7. The lowest BCUT2D eigenvalue weighted by Crippen LogP contribution is -2.64. The summed E-state index contributed by atoms with van der Waals surface area (Å²) in [6.45, 7) is -0.616. The van der Waals surface area contributed by atoms with Crippen LogP contribution in [0.3, 0.4) is 0 Å². The van der Waals surface area contributed by atoms with Gasteiger partial charge in [0.2, 0.25) is 0 Å². The van der Waals surface area contributed by atoms with Gasteiger partial charge in [-0.1, -0.05) is 303 Å². The quantitative estimate of drug-likeness (QED) is 0.107. The highest BCUT2D eigenvalue weighted by Gasteiger charge is 2.49. The summed E-state index contributed by atoms with van der Waals surface area (Å²) in [6.07, 6.45) is 0. The Morgan fingerprint density at radius 1 is 0.237 bits per heavy atom. The van der Waals surface area contributed by atoms with Crippen molar-refractivity contribution in [1.29, 1.82) is 0 Å². The molecule has 550 valence electrons. The summed E-state index contributed by atoms with van der Waals surface area (Å²) < 4.78 is 13.2. The van der Waals surface area contributed by atoms with Crippen LogP contribution >= 0.6 is 22.7 Å². The third-order valence-electron chi connectivity index (χ3n) is 24.4. The van der Waals surface area contributed by atoms with Gasteiger partial charge in [-0.05, 0) is 158 Å². The van der Waals surface area contributed by atoms with E-state index < -0.39 is 0 Å². The van der Waals surface area contributed by atoms with Crippen molar-refractivity contribution in [2.75, 3.05) is 24.5 Å². The molecule has 0 fully saturated rings. The van der Waals surface area contributed by atoms with Crippen molar-refractivity contribution >= 4 is 195 Å². The molecule has 20 aromatic rings. The fraction of sp³-hybridized carbons (Fsp3) is 0. The fourth-order valence-corrected chi connectivity index (χ4v) is 21.8. The predicted octanol–water partition coefficient (Wildman–Crippen LogP) is 26.5. The van der Waals surface area contributed by atoms with Crippen LogP contribution in [0.4, 0.5) is 85.3 Å². The molecule has 0 amide bonds. The van der Waals surface area contributed by atoms with Gasteiger partial charge in [0, 0.05) is 126 Å². The number of hydrogen-bond acceptors (Lipinski definition) is 8. The van der Waals surface area contributed by atoms with Crippen LogP contribution in [0, 0.1) is 0 Å². The molecule has 0 saturated heterocycles. The van der Waals surface area contributed by atoms with Gasteiger partial charge in [0.1, 0.15) is 11.5 Å². The third-order valence-corrected chi connectivity index (χ3v) is 26.7. The molecule has 0 radical (unpaired) electrons. The normalized spacial score (nSPS) is 12.7. The summed E-state index contributed by atoms with van der Waals surface area (Å²) in [5.74, 6) is 1.59. The molecule has 0 spiro atoms. The van der Waals surface area contributed by atoms with E-state index in [0.29, 0.717) is 0 Å². The summed E-state index contributed by atoms with van der Waals surface area (Å²) in [5.41, 5.74) is 31.8. The van der Waals surface area contributed by atoms with E-state index in [1.165, 1.54) is 62.2 Å². The number of fused-ring (bicyclic) bond motifs is 14. The molecule has 0 bridgehead atoms. The Kier molecular flexibility index (Phi) is 15.8. The maximum Gasteiger partial charge on any atom is 0.256 e. The van der Waals surface area contributed by atoms with Gasteiger partial charge in [-0.2, -0.15) is 0 Å². The first-order valence-electron chi connectivity index (χ1n) is 40.4. The molecule has 2 aromatic heterocycles. The van der Waals surface area contributed by atoms with Crippen molar-refractivity contribution in [1.82, 2.24) is 0 Å². The lowest BCUT2D eigenvalue weighted by atomic mass is 9.30. The predicted molar refractivity (Wildman–Crippen MR) is 503 cm³/mol. The Labute approximate surface area is 693 Å². The number of hydrogen-bond donors (Lipinski definition) is 0. The highest BCUT2D eigenvalue weighted by Crippen LogP contribution is 2.57. The minimum Gasteiger partial charge on any atom is -0.458 e. The van der Waals surface area contributed by atoms with E-state index in [2.05, 4.69) is 443 Å². The number of para-hydroxylation sites is 7. The highest BCUT2D eigenvalue weighted by molar-refractivity contribution is 7.26. The molecule has 4 aliphatic rings. The van der Waals surface area contributed by atoms with E-state index >= 15 is 0 Å². The third kappa shape index (κ3) is 10.7. The molecule has 18 aromatic carbocycles. The molecule has 0 unspecified atom stereocenters. The standard InChI is InChI=1S/C108H69B2N5OS2/c1-8-34-70(35-9-1)79-50-30-51-80(71-36-10-2-11-37-71)107(79)114-89-56-26-24-54-85(89)109-87-68-88-97(69-93(87)113(76-46-20-7-21-47-76)94-64-77(65-95(114)105(94)109)111(74-42-16-5-17-43-74)91-58-32-62-101-103(91)83-48-22-28-60-99(83)117-101)116-98-67-78(112(75-44-18-6-19-45-75)92-59-33-63-102-104(92)84-49-23-29-61-100(84)118-102)66-96-106(98)110(88)86-55-25-27-57-90(86)115(96)108-81(72-38-12-3-13-39-72)52-31-53-82(108)73-40-14-4-15-41-73/h1-69H. The van der Waals surface area contributed by atoms with Crippen LogP contribution in [0.15, 0.2) is 419 Å². The smallest absolute Gasteiger partial charge is 0.256 e. The first kappa shape index (κ1) is 67.8. The lowest BCUT2D eigenvalue weighted by Gasteiger charge is -2.46. The Morgan fingerprint density at radius 3 is 1.07 bits per heavy atom. The summed E-state index contributed by atoms with van der Waals surface area (Å²) in [7, 11) is 0. The summed E-state index contributed by atoms with van der Waals surface area (Å²) in [4.78, 5) is 12.8. The van der Waals surface area contributed by atoms with Crippen molar-refractivity contribution < 1.29 is 4.74 Å². The second-order valence-corrected chi connectivity index (χ2v) is 33.0. The van der Waals surface area contributed by atoms with Crippen molar-refractivity contribution in [3.63, 3.8) is 0 Å². The fourth-order valence-electron chi connectivity index (χ4n) is 19.6. The minimum absolute atomic E-state index is 0.301. The zero-order valence-electron chi connectivity index (χ0n) is 64.0. The molecule has 10 heteroatoms. The number of nitrogens with zero attached hydrogens (tertiary/aromatic N) is 5. The van der Waals surface area contributed by atoms with Crippen molar-refractivity contribution in [3.05, 3.63) is 419 Å². The van der Waals surface area contributed by atoms with Gasteiger partial charge in [0.15, 0.2) is 0 Å². The first-order chi connectivity index (χ1) is 58.6. The van der Waals surface area contributed by atoms with Crippen LogP contribution < -0.4 is 62.0 Å². The molecule has 118 heavy (non-hydrogen) atoms. The number of ether oxygens (including phenoxy) is 1. The second-order valence-electron chi connectivity index (χ2n) is 30.9. The van der Waals surface area contributed by atoms with Crippen LogP contribution in [0.1, 0.15) is 0 Å². The molecule has 0 aliphatic carbocycles. The van der Waals surface area contributed by atoms with E-state index in [1.807, 2.05) is 22.7 Å². The molecule has 6 heterocycles. The number of benzene rings is 18. The molecule has 0 atom stereocenters. The average molecular weight is 1540 g/mol. The molecule has 4 aliphatic heterocycles. The molecule has 6 nitrogen and oxygen atoms in total. The number of anilines is 15. The topological polar surface area (TPSA) is 25.4 Å². The molecule has 24 rings (SSSR count). The van der Waals surface area contributed by atoms with E-state index in [-0.39, 0.29) is 13.4 Å². The van der Waals surface area contributed by atoms with Crippen LogP contribution in [-0.4, -0.2) is 13.4 Å². The Morgan fingerprint density at radius 2 is 0.602 bits per heavy atom. The summed E-state index contributed by atoms with van der Waals surface area (Å²) >= 11 is 3.69. The Balaban J connectivity index is 0.808. The van der Waals surface area contributed by atoms with Crippen LogP contribution in [0.2, 0.25) is 0 Å². The number of thiophene rings is 2. The van der Waals surface area contributed by atoms with Gasteiger partial charge in [-0.15, -0.1) is 22.7 Å². The molecule has 0 N–H and O–H groups in total. The van der Waals surface area contributed by atoms with E-state index in [1.54, 1.807) is 0 Å². The van der Waals surface area contributed by atoms with Gasteiger partial charge in [0.25, 0.3) is 13.4 Å². The second kappa shape index (κ2) is 27.5. The van der Waals surface area contributed by atoms with Crippen LogP contribution in [-0.2, 0) is 0 Å². The van der Waals surface area contributed by atoms with Crippen molar-refractivity contribution in [2.24, 2.45) is 0 Å². The molecular weight excluding hydrogens is 1470 g/mol. The molecular formula is C108H69B2N5OS2. The minimum atomic E-state index is -0.315. The maximum absolute atomic E-state index is 8.21. The average Bonchev–Trinajstić information content (AvgIpc) is 0.798. The maximum atomic E-state index is 8.21. The monoisotopic (exact) mass is 1540 g/mol. The summed E-state index contributed by atoms with van der Waals surface area (Å²) in [6, 6.07) is 156. The largest absolute Gasteiger partial charge is 0.458 e. The Bertz CT molecular complexity index is 7280. The van der Waals surface area contributed by atoms with Crippen LogP contribution in [0.25, 0.3) is 84.9 Å². The zero-order chi connectivity index (χ0) is 77.5. The van der Waals surface area contributed by atoms with E-state index in [9.17, 15) is 0 Å². The number of rotatable bonds is 13. The van der Waals surface area contributed by atoms with Gasteiger partial charge in [-0.25, -0.2) is 0 Å². The zero-order valence-corrected chi connectivity index (χ0v) is 65.6.